The Bertz CT molecular complexity index is 308. The third kappa shape index (κ3) is 2.73. The van der Waals surface area contributed by atoms with Crippen molar-refractivity contribution < 1.29 is 9.66 Å². The lowest BCUT2D eigenvalue weighted by Gasteiger charge is -2.04. The Kier molecular flexibility index (Phi) is 3.45. The van der Waals surface area contributed by atoms with Gasteiger partial charge in [-0.2, -0.15) is 0 Å². The highest BCUT2D eigenvalue weighted by molar-refractivity contribution is 5.27. The SMILES string of the molecule is COc1ccc(C[C@@H](C)[N+](=O)[O-])cc1. The molecule has 1 aromatic rings. The lowest BCUT2D eigenvalue weighted by atomic mass is 10.1. The highest BCUT2D eigenvalue weighted by Gasteiger charge is 2.12. The van der Waals surface area contributed by atoms with E-state index in [1.807, 2.05) is 24.3 Å². The predicted octanol–water partition coefficient (Wildman–Crippen LogP) is 1.90. The summed E-state index contributed by atoms with van der Waals surface area (Å²) in [6, 6.07) is 6.77. The molecular weight excluding hydrogens is 182 g/mol. The molecule has 1 atom stereocenters. The van der Waals surface area contributed by atoms with E-state index in [1.165, 1.54) is 0 Å². The van der Waals surface area contributed by atoms with Crippen LogP contribution in [0, 0.1) is 10.1 Å². The average molecular weight is 195 g/mol. The van der Waals surface area contributed by atoms with Gasteiger partial charge in [-0.1, -0.05) is 12.1 Å². The normalized spacial score (nSPS) is 12.1. The fraction of sp³-hybridized carbons (Fsp3) is 0.400. The third-order valence-corrected chi connectivity index (χ3v) is 2.05. The highest BCUT2D eigenvalue weighted by atomic mass is 16.6. The summed E-state index contributed by atoms with van der Waals surface area (Å²) in [5, 5.41) is 10.4. The van der Waals surface area contributed by atoms with Crippen LogP contribution < -0.4 is 4.74 Å². The molecule has 0 spiro atoms. The van der Waals surface area contributed by atoms with E-state index in [0.717, 1.165) is 11.3 Å². The van der Waals surface area contributed by atoms with Gasteiger partial charge >= 0.3 is 0 Å². The number of nitrogens with zero attached hydrogens (tertiary/aromatic N) is 1. The molecule has 0 amide bonds. The van der Waals surface area contributed by atoms with Crippen molar-refractivity contribution in [1.82, 2.24) is 0 Å². The molecule has 4 heteroatoms. The molecule has 0 saturated heterocycles. The van der Waals surface area contributed by atoms with Crippen LogP contribution in [0.2, 0.25) is 0 Å². The molecule has 1 aromatic carbocycles. The van der Waals surface area contributed by atoms with Crippen molar-refractivity contribution in [3.63, 3.8) is 0 Å². The van der Waals surface area contributed by atoms with Gasteiger partial charge in [0.2, 0.25) is 6.04 Å². The van der Waals surface area contributed by atoms with Gasteiger partial charge < -0.3 is 4.74 Å². The summed E-state index contributed by atoms with van der Waals surface area (Å²) in [5.41, 5.74) is 0.954. The fourth-order valence-corrected chi connectivity index (χ4v) is 1.18. The molecule has 0 bridgehead atoms. The topological polar surface area (TPSA) is 52.4 Å². The molecule has 0 radical (unpaired) electrons. The van der Waals surface area contributed by atoms with Crippen molar-refractivity contribution in [2.24, 2.45) is 0 Å². The maximum atomic E-state index is 10.4. The zero-order valence-corrected chi connectivity index (χ0v) is 8.27. The summed E-state index contributed by atoms with van der Waals surface area (Å²) in [7, 11) is 1.59. The zero-order valence-electron chi connectivity index (χ0n) is 8.27. The number of nitro groups is 1. The number of methoxy groups -OCH3 is 1. The summed E-state index contributed by atoms with van der Waals surface area (Å²) >= 11 is 0. The van der Waals surface area contributed by atoms with Crippen LogP contribution in [0.1, 0.15) is 12.5 Å². The van der Waals surface area contributed by atoms with Crippen LogP contribution in [-0.4, -0.2) is 18.1 Å². The highest BCUT2D eigenvalue weighted by Crippen LogP contribution is 2.13. The van der Waals surface area contributed by atoms with E-state index in [1.54, 1.807) is 14.0 Å². The zero-order chi connectivity index (χ0) is 10.6. The van der Waals surface area contributed by atoms with Crippen LogP contribution in [0.3, 0.4) is 0 Å². The Hall–Kier alpha value is -1.58. The van der Waals surface area contributed by atoms with E-state index in [4.69, 9.17) is 4.74 Å². The average Bonchev–Trinajstić information content (AvgIpc) is 2.19. The fourth-order valence-electron chi connectivity index (χ4n) is 1.18. The molecule has 1 rings (SSSR count). The molecule has 0 aliphatic heterocycles. The molecule has 0 aliphatic rings. The molecule has 0 heterocycles. The van der Waals surface area contributed by atoms with Crippen molar-refractivity contribution in [2.45, 2.75) is 19.4 Å². The minimum Gasteiger partial charge on any atom is -0.497 e. The van der Waals surface area contributed by atoms with E-state index >= 15 is 0 Å². The van der Waals surface area contributed by atoms with Gasteiger partial charge in [0.05, 0.1) is 7.11 Å². The Balaban J connectivity index is 2.64. The molecular formula is C10H13NO3. The van der Waals surface area contributed by atoms with Crippen LogP contribution in [0.5, 0.6) is 5.75 Å². The first-order valence-electron chi connectivity index (χ1n) is 4.40. The van der Waals surface area contributed by atoms with Crippen molar-refractivity contribution in [3.05, 3.63) is 39.9 Å². The first-order valence-corrected chi connectivity index (χ1v) is 4.40. The molecule has 0 aliphatic carbocycles. The number of ether oxygens (including phenoxy) is 1. The number of hydrogen-bond acceptors (Lipinski definition) is 3. The van der Waals surface area contributed by atoms with Crippen molar-refractivity contribution in [2.75, 3.05) is 7.11 Å². The monoisotopic (exact) mass is 195 g/mol. The quantitative estimate of drug-likeness (QED) is 0.544. The van der Waals surface area contributed by atoms with E-state index in [9.17, 15) is 10.1 Å². The van der Waals surface area contributed by atoms with Gasteiger partial charge in [0.1, 0.15) is 5.75 Å². The van der Waals surface area contributed by atoms with Gasteiger partial charge in [-0.05, 0) is 17.7 Å². The van der Waals surface area contributed by atoms with Crippen LogP contribution >= 0.6 is 0 Å². The van der Waals surface area contributed by atoms with Gasteiger partial charge in [0, 0.05) is 18.3 Å². The molecule has 76 valence electrons. The number of rotatable bonds is 4. The van der Waals surface area contributed by atoms with E-state index < -0.39 is 6.04 Å². The number of benzene rings is 1. The van der Waals surface area contributed by atoms with Crippen molar-refractivity contribution in [3.8, 4) is 5.75 Å². The standard InChI is InChI=1S/C10H13NO3/c1-8(11(12)13)7-9-3-5-10(14-2)6-4-9/h3-6,8H,7H2,1-2H3/t8-/m1/s1. The molecule has 0 fully saturated rings. The van der Waals surface area contributed by atoms with Gasteiger partial charge in [-0.15, -0.1) is 0 Å². The lowest BCUT2D eigenvalue weighted by Crippen LogP contribution is -2.17. The second-order valence-corrected chi connectivity index (χ2v) is 3.19. The Morgan fingerprint density at radius 2 is 2.00 bits per heavy atom. The van der Waals surface area contributed by atoms with Gasteiger partial charge in [-0.25, -0.2) is 0 Å². The summed E-state index contributed by atoms with van der Waals surface area (Å²) in [4.78, 5) is 10.1. The Morgan fingerprint density at radius 1 is 1.43 bits per heavy atom. The molecule has 0 N–H and O–H groups in total. The second kappa shape index (κ2) is 4.60. The Morgan fingerprint density at radius 3 is 2.43 bits per heavy atom. The van der Waals surface area contributed by atoms with E-state index in [2.05, 4.69) is 0 Å². The Labute approximate surface area is 82.7 Å². The summed E-state index contributed by atoms with van der Waals surface area (Å²) < 4.78 is 4.99. The van der Waals surface area contributed by atoms with Crippen LogP contribution in [0.4, 0.5) is 0 Å². The van der Waals surface area contributed by atoms with Crippen molar-refractivity contribution >= 4 is 0 Å². The molecule has 14 heavy (non-hydrogen) atoms. The first kappa shape index (κ1) is 10.5. The van der Waals surface area contributed by atoms with E-state index in [0.29, 0.717) is 6.42 Å². The van der Waals surface area contributed by atoms with Crippen LogP contribution in [0.25, 0.3) is 0 Å². The van der Waals surface area contributed by atoms with Crippen LogP contribution in [0.15, 0.2) is 24.3 Å². The van der Waals surface area contributed by atoms with Crippen LogP contribution in [-0.2, 0) is 6.42 Å². The maximum absolute atomic E-state index is 10.4. The second-order valence-electron chi connectivity index (χ2n) is 3.19. The molecule has 4 nitrogen and oxygen atoms in total. The largest absolute Gasteiger partial charge is 0.497 e. The van der Waals surface area contributed by atoms with E-state index in [-0.39, 0.29) is 4.92 Å². The van der Waals surface area contributed by atoms with Gasteiger partial charge in [0.25, 0.3) is 0 Å². The molecule has 0 unspecified atom stereocenters. The van der Waals surface area contributed by atoms with Crippen molar-refractivity contribution in [1.29, 1.82) is 0 Å². The lowest BCUT2D eigenvalue weighted by molar-refractivity contribution is -0.517. The minimum absolute atomic E-state index is 0.274. The summed E-state index contributed by atoms with van der Waals surface area (Å²) in [5.74, 6) is 0.766. The predicted molar refractivity (Wildman–Crippen MR) is 53.2 cm³/mol. The maximum Gasteiger partial charge on any atom is 0.214 e. The summed E-state index contributed by atoms with van der Waals surface area (Å²) in [6.07, 6.45) is 0.455. The molecule has 0 aromatic heterocycles. The minimum atomic E-state index is -0.539. The van der Waals surface area contributed by atoms with Gasteiger partial charge in [-0.3, -0.25) is 10.1 Å². The smallest absolute Gasteiger partial charge is 0.214 e. The number of hydrogen-bond donors (Lipinski definition) is 0. The summed E-state index contributed by atoms with van der Waals surface area (Å²) in [6.45, 7) is 1.60. The molecule has 0 saturated carbocycles. The van der Waals surface area contributed by atoms with Gasteiger partial charge in [0.15, 0.2) is 0 Å². The third-order valence-electron chi connectivity index (χ3n) is 2.05. The first-order chi connectivity index (χ1) is 6.63.